The molecule has 1 aromatic rings. The number of carbonyl (C=O) groups is 1. The quantitative estimate of drug-likeness (QED) is 0.844. The maximum absolute atomic E-state index is 13.8. The van der Waals surface area contributed by atoms with Crippen molar-refractivity contribution in [1.82, 2.24) is 0 Å². The first-order valence-electron chi connectivity index (χ1n) is 6.12. The Balaban J connectivity index is 2.91. The summed E-state index contributed by atoms with van der Waals surface area (Å²) in [4.78, 5) is 10.7. The van der Waals surface area contributed by atoms with Crippen LogP contribution in [0.25, 0.3) is 0 Å². The van der Waals surface area contributed by atoms with Gasteiger partial charge in [0.25, 0.3) is 0 Å². The van der Waals surface area contributed by atoms with Gasteiger partial charge in [0.15, 0.2) is 11.6 Å². The van der Waals surface area contributed by atoms with Crippen molar-refractivity contribution in [2.75, 3.05) is 0 Å². The van der Waals surface area contributed by atoms with Crippen LogP contribution in [-0.2, 0) is 4.79 Å². The number of carboxylic acid groups (broad SMARTS) is 1. The van der Waals surface area contributed by atoms with E-state index in [1.807, 2.05) is 20.8 Å². The van der Waals surface area contributed by atoms with Crippen molar-refractivity contribution in [3.8, 4) is 5.75 Å². The van der Waals surface area contributed by atoms with Gasteiger partial charge in [-0.25, -0.2) is 4.39 Å². The Morgan fingerprint density at radius 2 is 2.11 bits per heavy atom. The molecule has 1 N–H and O–H groups in total. The highest BCUT2D eigenvalue weighted by atomic mass is 19.1. The molecule has 0 amide bonds. The largest absolute Gasteiger partial charge is 0.488 e. The first kappa shape index (κ1) is 14.5. The zero-order valence-corrected chi connectivity index (χ0v) is 10.9. The fourth-order valence-corrected chi connectivity index (χ4v) is 1.83. The van der Waals surface area contributed by atoms with Gasteiger partial charge < -0.3 is 9.84 Å². The monoisotopic (exact) mass is 254 g/mol. The molecule has 1 unspecified atom stereocenters. The Morgan fingerprint density at radius 3 is 2.56 bits per heavy atom. The smallest absolute Gasteiger partial charge is 0.303 e. The highest BCUT2D eigenvalue weighted by Crippen LogP contribution is 2.28. The molecule has 1 aromatic carbocycles. The summed E-state index contributed by atoms with van der Waals surface area (Å²) in [7, 11) is 0. The maximum atomic E-state index is 13.8. The molecule has 0 spiro atoms. The topological polar surface area (TPSA) is 46.5 Å². The lowest BCUT2D eigenvalue weighted by Gasteiger charge is -2.15. The lowest BCUT2D eigenvalue weighted by Crippen LogP contribution is -2.09. The molecule has 1 atom stereocenters. The number of ether oxygens (including phenoxy) is 1. The molecule has 0 heterocycles. The van der Waals surface area contributed by atoms with Crippen LogP contribution in [0.3, 0.4) is 0 Å². The second-order valence-electron chi connectivity index (χ2n) is 4.56. The van der Waals surface area contributed by atoms with E-state index >= 15 is 0 Å². The van der Waals surface area contributed by atoms with E-state index in [4.69, 9.17) is 9.84 Å². The molecule has 0 saturated heterocycles. The van der Waals surface area contributed by atoms with E-state index in [2.05, 4.69) is 0 Å². The van der Waals surface area contributed by atoms with Crippen LogP contribution in [0, 0.1) is 5.82 Å². The van der Waals surface area contributed by atoms with Crippen LogP contribution in [0.15, 0.2) is 18.2 Å². The number of halogens is 1. The number of rotatable bonds is 6. The third kappa shape index (κ3) is 4.02. The van der Waals surface area contributed by atoms with E-state index in [1.54, 1.807) is 12.1 Å². The molecule has 0 aliphatic heterocycles. The molecule has 0 saturated carbocycles. The van der Waals surface area contributed by atoms with Gasteiger partial charge >= 0.3 is 5.97 Å². The van der Waals surface area contributed by atoms with Gasteiger partial charge in [0.05, 0.1) is 12.5 Å². The Kier molecular flexibility index (Phi) is 5.13. The average Bonchev–Trinajstić information content (AvgIpc) is 2.28. The second kappa shape index (κ2) is 6.38. The Labute approximate surface area is 107 Å². The van der Waals surface area contributed by atoms with Gasteiger partial charge in [-0.1, -0.05) is 13.0 Å². The second-order valence-corrected chi connectivity index (χ2v) is 4.56. The van der Waals surface area contributed by atoms with Crippen LogP contribution in [0.4, 0.5) is 4.39 Å². The summed E-state index contributed by atoms with van der Waals surface area (Å²) in [5.41, 5.74) is 0.702. The lowest BCUT2D eigenvalue weighted by atomic mass is 9.93. The van der Waals surface area contributed by atoms with Gasteiger partial charge in [-0.3, -0.25) is 4.79 Å². The van der Waals surface area contributed by atoms with Crippen molar-refractivity contribution >= 4 is 5.97 Å². The van der Waals surface area contributed by atoms with E-state index in [0.29, 0.717) is 12.0 Å². The van der Waals surface area contributed by atoms with Crippen molar-refractivity contribution in [2.24, 2.45) is 0 Å². The van der Waals surface area contributed by atoms with E-state index in [9.17, 15) is 9.18 Å². The van der Waals surface area contributed by atoms with E-state index < -0.39 is 11.8 Å². The first-order chi connectivity index (χ1) is 8.43. The minimum Gasteiger partial charge on any atom is -0.488 e. The van der Waals surface area contributed by atoms with Crippen LogP contribution >= 0.6 is 0 Å². The number of aliphatic carboxylic acids is 1. The highest BCUT2D eigenvalue weighted by Gasteiger charge is 2.16. The predicted octanol–water partition coefficient (Wildman–Crippen LogP) is 3.58. The molecular formula is C14H19FO3. The van der Waals surface area contributed by atoms with E-state index in [1.165, 1.54) is 6.07 Å². The molecular weight excluding hydrogens is 235 g/mol. The number of hydrogen-bond donors (Lipinski definition) is 1. The summed E-state index contributed by atoms with van der Waals surface area (Å²) in [6, 6.07) is 4.67. The molecule has 0 radical (unpaired) electrons. The van der Waals surface area contributed by atoms with Crippen molar-refractivity contribution < 1.29 is 19.0 Å². The SMILES string of the molecule is CCC(CC(=O)O)c1ccc(OC(C)C)c(F)c1. The van der Waals surface area contributed by atoms with Gasteiger partial charge in [0.1, 0.15) is 0 Å². The van der Waals surface area contributed by atoms with Crippen molar-refractivity contribution in [2.45, 2.75) is 45.6 Å². The average molecular weight is 254 g/mol. The van der Waals surface area contributed by atoms with Crippen LogP contribution in [0.2, 0.25) is 0 Å². The van der Waals surface area contributed by atoms with Gasteiger partial charge in [0, 0.05) is 0 Å². The standard InChI is InChI=1S/C14H19FO3/c1-4-10(8-14(16)17)11-5-6-13(12(15)7-11)18-9(2)3/h5-7,9-10H,4,8H2,1-3H3,(H,16,17). The van der Waals surface area contributed by atoms with Crippen LogP contribution in [0.5, 0.6) is 5.75 Å². The van der Waals surface area contributed by atoms with Crippen molar-refractivity contribution in [3.63, 3.8) is 0 Å². The number of benzene rings is 1. The minimum absolute atomic E-state index is 0.0142. The van der Waals surface area contributed by atoms with Gasteiger partial charge in [0.2, 0.25) is 0 Å². The summed E-state index contributed by atoms with van der Waals surface area (Å²) in [5, 5.41) is 8.80. The summed E-state index contributed by atoms with van der Waals surface area (Å²) in [6.45, 7) is 5.54. The summed E-state index contributed by atoms with van der Waals surface area (Å²) in [6.07, 6.45) is 0.586. The number of hydrogen-bond acceptors (Lipinski definition) is 2. The fraction of sp³-hybridized carbons (Fsp3) is 0.500. The Morgan fingerprint density at radius 1 is 1.44 bits per heavy atom. The van der Waals surface area contributed by atoms with Gasteiger partial charge in [-0.05, 0) is 43.9 Å². The molecule has 0 aliphatic carbocycles. The normalized spacial score (nSPS) is 12.5. The summed E-state index contributed by atoms with van der Waals surface area (Å²) < 4.78 is 19.1. The third-order valence-corrected chi connectivity index (χ3v) is 2.70. The predicted molar refractivity (Wildman–Crippen MR) is 67.4 cm³/mol. The maximum Gasteiger partial charge on any atom is 0.303 e. The minimum atomic E-state index is -0.871. The molecule has 4 heteroatoms. The van der Waals surface area contributed by atoms with Gasteiger partial charge in [-0.2, -0.15) is 0 Å². The summed E-state index contributed by atoms with van der Waals surface area (Å²) >= 11 is 0. The molecule has 3 nitrogen and oxygen atoms in total. The Bertz CT molecular complexity index is 416. The van der Waals surface area contributed by atoms with Crippen LogP contribution in [0.1, 0.15) is 45.1 Å². The molecule has 0 aliphatic rings. The van der Waals surface area contributed by atoms with Crippen molar-refractivity contribution in [1.29, 1.82) is 0 Å². The van der Waals surface area contributed by atoms with Crippen molar-refractivity contribution in [3.05, 3.63) is 29.6 Å². The molecule has 18 heavy (non-hydrogen) atoms. The first-order valence-corrected chi connectivity index (χ1v) is 6.12. The summed E-state index contributed by atoms with van der Waals surface area (Å²) in [5.74, 6) is -1.26. The zero-order valence-electron chi connectivity index (χ0n) is 10.9. The third-order valence-electron chi connectivity index (χ3n) is 2.70. The Hall–Kier alpha value is -1.58. The molecule has 0 bridgehead atoms. The van der Waals surface area contributed by atoms with E-state index in [-0.39, 0.29) is 24.2 Å². The van der Waals surface area contributed by atoms with Crippen LogP contribution in [-0.4, -0.2) is 17.2 Å². The number of carboxylic acids is 1. The zero-order chi connectivity index (χ0) is 13.7. The molecule has 1 rings (SSSR count). The molecule has 0 aromatic heterocycles. The van der Waals surface area contributed by atoms with E-state index in [0.717, 1.165) is 0 Å². The fourth-order valence-electron chi connectivity index (χ4n) is 1.83. The highest BCUT2D eigenvalue weighted by molar-refractivity contribution is 5.68. The molecule has 100 valence electrons. The van der Waals surface area contributed by atoms with Gasteiger partial charge in [-0.15, -0.1) is 0 Å². The lowest BCUT2D eigenvalue weighted by molar-refractivity contribution is -0.137. The van der Waals surface area contributed by atoms with Crippen LogP contribution < -0.4 is 4.74 Å². The molecule has 0 fully saturated rings.